The predicted molar refractivity (Wildman–Crippen MR) is 188 cm³/mol. The minimum absolute atomic E-state index is 0.169. The molecule has 0 saturated carbocycles. The first kappa shape index (κ1) is 32.7. The number of likely N-dealkylation sites (tertiary alicyclic amines) is 1. The number of aliphatic carboxylic acids is 1. The number of hydrogen-bond acceptors (Lipinski definition) is 9. The van der Waals surface area contributed by atoms with E-state index in [-0.39, 0.29) is 24.4 Å². The molecule has 0 spiro atoms. The molecule has 5 heterocycles. The largest absolute Gasteiger partial charge is 0.480 e. The molecule has 0 radical (unpaired) electrons. The number of β-amino-alcohol motifs (C(OH)–C–C–N with tert-alkyl or cyclic N) is 1. The van der Waals surface area contributed by atoms with Crippen molar-refractivity contribution in [2.45, 2.75) is 51.4 Å². The molecule has 1 unspecified atom stereocenters. The van der Waals surface area contributed by atoms with E-state index in [0.29, 0.717) is 29.6 Å². The Morgan fingerprint density at radius 1 is 1.02 bits per heavy atom. The van der Waals surface area contributed by atoms with Gasteiger partial charge in [0.2, 0.25) is 0 Å². The highest BCUT2D eigenvalue weighted by Crippen LogP contribution is 2.38. The zero-order valence-corrected chi connectivity index (χ0v) is 27.7. The van der Waals surface area contributed by atoms with Gasteiger partial charge in [0.05, 0.1) is 29.1 Å². The lowest BCUT2D eigenvalue weighted by Gasteiger charge is -2.23. The molecule has 1 amide bonds. The van der Waals surface area contributed by atoms with Gasteiger partial charge < -0.3 is 20.8 Å². The molecular weight excluding hydrogens is 644 g/mol. The van der Waals surface area contributed by atoms with Crippen LogP contribution in [0, 0.1) is 6.92 Å². The number of nitrogens with one attached hydrogen (secondary N) is 3. The third-order valence-corrected chi connectivity index (χ3v) is 9.60. The van der Waals surface area contributed by atoms with Crippen LogP contribution in [-0.2, 0) is 17.9 Å². The fourth-order valence-electron chi connectivity index (χ4n) is 6.72. The summed E-state index contributed by atoms with van der Waals surface area (Å²) in [4.78, 5) is 36.0. The number of aromatic nitrogens is 4. The average Bonchev–Trinajstić information content (AvgIpc) is 3.72. The van der Waals surface area contributed by atoms with Crippen LogP contribution in [0.5, 0.6) is 0 Å². The van der Waals surface area contributed by atoms with Gasteiger partial charge in [-0.2, -0.15) is 5.10 Å². The van der Waals surface area contributed by atoms with Crippen LogP contribution in [0.25, 0.3) is 22.0 Å². The summed E-state index contributed by atoms with van der Waals surface area (Å²) in [6, 6.07) is 17.0. The average molecular weight is 681 g/mol. The second kappa shape index (κ2) is 13.9. The Balaban J connectivity index is 1.10. The number of hydrogen-bond donors (Lipinski definition) is 5. The molecule has 2 aliphatic heterocycles. The molecule has 5 aromatic rings. The number of fused-ring (bicyclic) bond motifs is 2. The number of pyridine rings is 2. The molecule has 12 nitrogen and oxygen atoms in total. The van der Waals surface area contributed by atoms with E-state index in [1.807, 2.05) is 49.5 Å². The van der Waals surface area contributed by atoms with E-state index >= 15 is 0 Å². The van der Waals surface area contributed by atoms with Crippen LogP contribution in [0.15, 0.2) is 67.0 Å². The third-order valence-electron chi connectivity index (χ3n) is 9.20. The Morgan fingerprint density at radius 3 is 2.63 bits per heavy atom. The molecule has 2 aliphatic rings. The minimum Gasteiger partial charge on any atom is -0.480 e. The SMILES string of the molecule is Cc1c(Nc2nccc3cc(CN4CC[C@@H](O)C4)cnc23)cccc1-c1cccc(NC(=O)c2cc3n(n2)CCCC3NCC(=O)O)c1Cl. The lowest BCUT2D eigenvalue weighted by molar-refractivity contribution is -0.136. The Hall–Kier alpha value is -4.88. The van der Waals surface area contributed by atoms with Gasteiger partial charge in [0.1, 0.15) is 5.52 Å². The summed E-state index contributed by atoms with van der Waals surface area (Å²) in [6.45, 7) is 4.79. The summed E-state index contributed by atoms with van der Waals surface area (Å²) in [6.07, 6.45) is 5.76. The number of amides is 1. The van der Waals surface area contributed by atoms with Crippen molar-refractivity contribution in [3.63, 3.8) is 0 Å². The van der Waals surface area contributed by atoms with Gasteiger partial charge in [-0.25, -0.2) is 4.98 Å². The topological polar surface area (TPSA) is 158 Å². The van der Waals surface area contributed by atoms with Crippen LogP contribution in [0.4, 0.5) is 17.2 Å². The summed E-state index contributed by atoms with van der Waals surface area (Å²) in [5, 5.41) is 34.3. The molecule has 0 bridgehead atoms. The zero-order valence-electron chi connectivity index (χ0n) is 27.0. The Labute approximate surface area is 288 Å². The summed E-state index contributed by atoms with van der Waals surface area (Å²) < 4.78 is 1.76. The second-order valence-corrected chi connectivity index (χ2v) is 13.0. The number of nitrogens with zero attached hydrogens (tertiary/aromatic N) is 5. The highest BCUT2D eigenvalue weighted by molar-refractivity contribution is 6.36. The Bertz CT molecular complexity index is 2050. The van der Waals surface area contributed by atoms with Crippen molar-refractivity contribution < 1.29 is 19.8 Å². The van der Waals surface area contributed by atoms with E-state index in [9.17, 15) is 14.7 Å². The third kappa shape index (κ3) is 6.99. The van der Waals surface area contributed by atoms with Crippen molar-refractivity contribution >= 4 is 51.6 Å². The highest BCUT2D eigenvalue weighted by atomic mass is 35.5. The van der Waals surface area contributed by atoms with Crippen molar-refractivity contribution in [3.05, 3.63) is 94.5 Å². The number of benzene rings is 2. The molecule has 2 atom stereocenters. The van der Waals surface area contributed by atoms with Gasteiger partial charge in [-0.1, -0.05) is 35.9 Å². The summed E-state index contributed by atoms with van der Waals surface area (Å²) >= 11 is 6.95. The zero-order chi connectivity index (χ0) is 34.1. The smallest absolute Gasteiger partial charge is 0.317 e. The van der Waals surface area contributed by atoms with Gasteiger partial charge in [0.25, 0.3) is 5.91 Å². The maximum Gasteiger partial charge on any atom is 0.317 e. The number of carboxylic acid groups (broad SMARTS) is 1. The summed E-state index contributed by atoms with van der Waals surface area (Å²) in [7, 11) is 0. The lowest BCUT2D eigenvalue weighted by atomic mass is 9.98. The molecule has 13 heteroatoms. The minimum atomic E-state index is -0.937. The van der Waals surface area contributed by atoms with Gasteiger partial charge in [-0.15, -0.1) is 0 Å². The Kier molecular flexibility index (Phi) is 9.28. The fraction of sp³-hybridized carbons (Fsp3) is 0.306. The lowest BCUT2D eigenvalue weighted by Crippen LogP contribution is -2.31. The molecule has 49 heavy (non-hydrogen) atoms. The summed E-state index contributed by atoms with van der Waals surface area (Å²) in [5.74, 6) is -0.704. The first-order chi connectivity index (χ1) is 23.7. The van der Waals surface area contributed by atoms with E-state index in [1.165, 1.54) is 0 Å². The predicted octanol–water partition coefficient (Wildman–Crippen LogP) is 5.53. The van der Waals surface area contributed by atoms with Gasteiger partial charge >= 0.3 is 5.97 Å². The number of aryl methyl sites for hydroxylation is 1. The fourth-order valence-corrected chi connectivity index (χ4v) is 7.00. The molecule has 1 saturated heterocycles. The molecule has 3 aromatic heterocycles. The van der Waals surface area contributed by atoms with Crippen molar-refractivity contribution in [1.29, 1.82) is 0 Å². The van der Waals surface area contributed by atoms with Crippen LogP contribution in [0.2, 0.25) is 5.02 Å². The molecule has 5 N–H and O–H groups in total. The number of halogens is 1. The van der Waals surface area contributed by atoms with Crippen LogP contribution >= 0.6 is 11.6 Å². The van der Waals surface area contributed by atoms with E-state index in [2.05, 4.69) is 37.0 Å². The van der Waals surface area contributed by atoms with E-state index in [1.54, 1.807) is 23.0 Å². The number of carboxylic acids is 1. The maximum atomic E-state index is 13.4. The van der Waals surface area contributed by atoms with Crippen molar-refractivity contribution in [2.24, 2.45) is 0 Å². The number of carbonyl (C=O) groups is 2. The monoisotopic (exact) mass is 680 g/mol. The quantitative estimate of drug-likeness (QED) is 0.127. The summed E-state index contributed by atoms with van der Waals surface area (Å²) in [5.41, 5.74) is 6.74. The second-order valence-electron chi connectivity index (χ2n) is 12.6. The molecule has 252 valence electrons. The van der Waals surface area contributed by atoms with E-state index < -0.39 is 11.9 Å². The standard InChI is InChI=1S/C36H37ClN8O4/c1-21-25(5-2-7-27(21)41-35-34-23(10-12-38-35)15-22(17-40-34)19-44-14-11-24(46)20-44)26-6-3-8-29(33(26)37)42-36(49)30-16-31-28(39-18-32(47)48)9-4-13-45(31)43-30/h2-3,5-8,10,12,15-17,24,28,39,46H,4,9,11,13-14,18-20H2,1H3,(H,38,41)(H,42,49)(H,47,48)/t24-,28?/m1/s1. The van der Waals surface area contributed by atoms with Gasteiger partial charge in [-0.3, -0.25) is 29.5 Å². The van der Waals surface area contributed by atoms with Gasteiger partial charge in [0, 0.05) is 61.3 Å². The molecule has 1 fully saturated rings. The molecular formula is C36H37ClN8O4. The van der Waals surface area contributed by atoms with E-state index in [4.69, 9.17) is 21.7 Å². The molecule has 0 aliphatic carbocycles. The number of rotatable bonds is 10. The van der Waals surface area contributed by atoms with Crippen molar-refractivity contribution in [1.82, 2.24) is 30.0 Å². The molecule has 2 aromatic carbocycles. The first-order valence-electron chi connectivity index (χ1n) is 16.4. The Morgan fingerprint density at radius 2 is 1.84 bits per heavy atom. The van der Waals surface area contributed by atoms with Crippen LogP contribution in [-0.4, -0.2) is 72.5 Å². The number of aliphatic hydroxyl groups is 1. The molecule has 7 rings (SSSR count). The number of anilines is 3. The van der Waals surface area contributed by atoms with Gasteiger partial charge in [0.15, 0.2) is 11.5 Å². The first-order valence-corrected chi connectivity index (χ1v) is 16.7. The number of aliphatic hydroxyl groups excluding tert-OH is 1. The van der Waals surface area contributed by atoms with Crippen molar-refractivity contribution in [2.75, 3.05) is 30.3 Å². The van der Waals surface area contributed by atoms with Crippen LogP contribution < -0.4 is 16.0 Å². The van der Waals surface area contributed by atoms with Gasteiger partial charge in [-0.05, 0) is 73.2 Å². The number of carbonyl (C=O) groups excluding carboxylic acids is 1. The van der Waals surface area contributed by atoms with Crippen molar-refractivity contribution in [3.8, 4) is 11.1 Å². The van der Waals surface area contributed by atoms with Crippen LogP contribution in [0.3, 0.4) is 0 Å². The highest BCUT2D eigenvalue weighted by Gasteiger charge is 2.26. The normalized spacial score (nSPS) is 17.6. The van der Waals surface area contributed by atoms with E-state index in [0.717, 1.165) is 76.9 Å². The maximum absolute atomic E-state index is 13.4. The van der Waals surface area contributed by atoms with Crippen LogP contribution in [0.1, 0.15) is 52.6 Å².